The molecular formula is C26H28N6O3. The van der Waals surface area contributed by atoms with E-state index in [2.05, 4.69) is 20.7 Å². The number of benzene rings is 1. The fraction of sp³-hybridized carbons (Fsp3) is 0.269. The van der Waals surface area contributed by atoms with Gasteiger partial charge < -0.3 is 15.6 Å². The lowest BCUT2D eigenvalue weighted by atomic mass is 10.1. The molecule has 0 aliphatic rings. The van der Waals surface area contributed by atoms with E-state index in [1.807, 2.05) is 45.9 Å². The van der Waals surface area contributed by atoms with Gasteiger partial charge in [-0.05, 0) is 57.5 Å². The van der Waals surface area contributed by atoms with Crippen LogP contribution in [-0.4, -0.2) is 31.6 Å². The largest absolute Gasteiger partial charge is 0.348 e. The Morgan fingerprint density at radius 1 is 1.11 bits per heavy atom. The molecule has 0 saturated carbocycles. The summed E-state index contributed by atoms with van der Waals surface area (Å²) in [6.07, 6.45) is 1.64. The normalized spacial score (nSPS) is 11.1. The molecule has 35 heavy (non-hydrogen) atoms. The molecule has 0 saturated heterocycles. The van der Waals surface area contributed by atoms with Crippen molar-refractivity contribution in [3.05, 3.63) is 75.3 Å². The Morgan fingerprint density at radius 3 is 2.46 bits per heavy atom. The maximum atomic E-state index is 13.3. The summed E-state index contributed by atoms with van der Waals surface area (Å²) >= 11 is 0. The third kappa shape index (κ3) is 4.98. The lowest BCUT2D eigenvalue weighted by molar-refractivity contribution is -0.114. The number of H-pyrrole nitrogens is 1. The van der Waals surface area contributed by atoms with Crippen LogP contribution in [0.3, 0.4) is 0 Å². The van der Waals surface area contributed by atoms with Crippen LogP contribution in [0.1, 0.15) is 54.0 Å². The highest BCUT2D eigenvalue weighted by Crippen LogP contribution is 2.27. The smallest absolute Gasteiger partial charge is 0.253 e. The molecule has 0 aliphatic carbocycles. The Hall–Kier alpha value is -4.27. The molecule has 0 spiro atoms. The highest BCUT2D eigenvalue weighted by Gasteiger charge is 2.19. The average Bonchev–Trinajstić information content (AvgIpc) is 3.22. The zero-order valence-corrected chi connectivity index (χ0v) is 20.4. The molecule has 0 bridgehead atoms. The van der Waals surface area contributed by atoms with Gasteiger partial charge in [-0.25, -0.2) is 9.67 Å². The second kappa shape index (κ2) is 9.54. The van der Waals surface area contributed by atoms with Gasteiger partial charge in [-0.15, -0.1) is 0 Å². The van der Waals surface area contributed by atoms with Gasteiger partial charge in [-0.3, -0.25) is 14.4 Å². The molecule has 1 aromatic carbocycles. The number of carbonyl (C=O) groups is 2. The molecule has 3 aromatic heterocycles. The van der Waals surface area contributed by atoms with E-state index in [1.54, 1.807) is 29.1 Å². The van der Waals surface area contributed by atoms with E-state index in [0.29, 0.717) is 33.5 Å². The van der Waals surface area contributed by atoms with Gasteiger partial charge in [-0.2, -0.15) is 5.10 Å². The molecule has 2 amide bonds. The number of amides is 2. The SMILES string of the molecule is CC(=O)Nc1ccc(-c2cc(C(=O)NCc3c(C)cc(C)[nH]c3=O)c3cnn(C(C)C)c3n2)cc1. The number of pyridine rings is 2. The van der Waals surface area contributed by atoms with Crippen molar-refractivity contribution < 1.29 is 9.59 Å². The van der Waals surface area contributed by atoms with Crippen molar-refractivity contribution in [1.82, 2.24) is 25.1 Å². The summed E-state index contributed by atoms with van der Waals surface area (Å²) < 4.78 is 1.77. The van der Waals surface area contributed by atoms with Gasteiger partial charge >= 0.3 is 0 Å². The summed E-state index contributed by atoms with van der Waals surface area (Å²) in [4.78, 5) is 44.6. The molecule has 0 atom stereocenters. The van der Waals surface area contributed by atoms with Crippen LogP contribution in [0.4, 0.5) is 5.69 Å². The van der Waals surface area contributed by atoms with Crippen LogP contribution in [0, 0.1) is 13.8 Å². The summed E-state index contributed by atoms with van der Waals surface area (Å²) in [7, 11) is 0. The fourth-order valence-corrected chi connectivity index (χ4v) is 4.02. The Kier molecular flexibility index (Phi) is 6.50. The van der Waals surface area contributed by atoms with Gasteiger partial charge in [0, 0.05) is 42.0 Å². The van der Waals surface area contributed by atoms with E-state index in [4.69, 9.17) is 4.98 Å². The maximum Gasteiger partial charge on any atom is 0.253 e. The van der Waals surface area contributed by atoms with Crippen molar-refractivity contribution in [2.45, 2.75) is 47.2 Å². The van der Waals surface area contributed by atoms with Crippen LogP contribution in [0.25, 0.3) is 22.3 Å². The number of aryl methyl sites for hydroxylation is 2. The second-order valence-electron chi connectivity index (χ2n) is 8.86. The van der Waals surface area contributed by atoms with Crippen LogP contribution in [0.15, 0.2) is 47.4 Å². The molecule has 9 nitrogen and oxygen atoms in total. The minimum Gasteiger partial charge on any atom is -0.348 e. The monoisotopic (exact) mass is 472 g/mol. The van der Waals surface area contributed by atoms with E-state index in [0.717, 1.165) is 16.8 Å². The van der Waals surface area contributed by atoms with Crippen molar-refractivity contribution in [2.75, 3.05) is 5.32 Å². The molecule has 4 aromatic rings. The summed E-state index contributed by atoms with van der Waals surface area (Å²) in [5, 5.41) is 10.7. The van der Waals surface area contributed by atoms with Gasteiger partial charge in [0.2, 0.25) is 5.91 Å². The van der Waals surface area contributed by atoms with Gasteiger partial charge in [0.15, 0.2) is 5.65 Å². The predicted molar refractivity (Wildman–Crippen MR) is 135 cm³/mol. The summed E-state index contributed by atoms with van der Waals surface area (Å²) in [5.74, 6) is -0.476. The zero-order valence-electron chi connectivity index (χ0n) is 20.4. The first-order valence-corrected chi connectivity index (χ1v) is 11.4. The van der Waals surface area contributed by atoms with Crippen molar-refractivity contribution in [2.24, 2.45) is 0 Å². The Balaban J connectivity index is 1.73. The first kappa shape index (κ1) is 23.9. The molecule has 4 rings (SSSR count). The van der Waals surface area contributed by atoms with Crippen LogP contribution in [0.2, 0.25) is 0 Å². The number of hydrogen-bond acceptors (Lipinski definition) is 5. The fourth-order valence-electron chi connectivity index (χ4n) is 4.02. The number of aromatic nitrogens is 4. The van der Waals surface area contributed by atoms with Crippen molar-refractivity contribution in [3.8, 4) is 11.3 Å². The highest BCUT2D eigenvalue weighted by molar-refractivity contribution is 6.06. The van der Waals surface area contributed by atoms with Crippen LogP contribution in [0.5, 0.6) is 0 Å². The summed E-state index contributed by atoms with van der Waals surface area (Å²) in [5.41, 5.74) is 4.97. The number of hydrogen-bond donors (Lipinski definition) is 3. The maximum absolute atomic E-state index is 13.3. The lowest BCUT2D eigenvalue weighted by Crippen LogP contribution is -2.28. The second-order valence-corrected chi connectivity index (χ2v) is 8.86. The Labute approximate surface area is 202 Å². The van der Waals surface area contributed by atoms with E-state index >= 15 is 0 Å². The molecular weight excluding hydrogens is 444 g/mol. The summed E-state index contributed by atoms with van der Waals surface area (Å²) in [6.45, 7) is 9.21. The molecule has 3 N–H and O–H groups in total. The van der Waals surface area contributed by atoms with E-state index in [1.165, 1.54) is 6.92 Å². The molecule has 3 heterocycles. The quantitative estimate of drug-likeness (QED) is 0.393. The molecule has 0 unspecified atom stereocenters. The molecule has 180 valence electrons. The van der Waals surface area contributed by atoms with Gasteiger partial charge in [0.1, 0.15) is 0 Å². The number of fused-ring (bicyclic) bond motifs is 1. The van der Waals surface area contributed by atoms with E-state index in [-0.39, 0.29) is 30.0 Å². The highest BCUT2D eigenvalue weighted by atomic mass is 16.2. The lowest BCUT2D eigenvalue weighted by Gasteiger charge is -2.12. The first-order valence-electron chi connectivity index (χ1n) is 11.4. The summed E-state index contributed by atoms with van der Waals surface area (Å²) in [6, 6.07) is 10.9. The average molecular weight is 473 g/mol. The Morgan fingerprint density at radius 2 is 1.83 bits per heavy atom. The Bertz CT molecular complexity index is 1480. The van der Waals surface area contributed by atoms with Crippen LogP contribution in [-0.2, 0) is 11.3 Å². The number of nitrogens with one attached hydrogen (secondary N) is 3. The van der Waals surface area contributed by atoms with E-state index in [9.17, 15) is 14.4 Å². The third-order valence-corrected chi connectivity index (χ3v) is 5.72. The minimum atomic E-state index is -0.323. The predicted octanol–water partition coefficient (Wildman–Crippen LogP) is 3.87. The number of aromatic amines is 1. The minimum absolute atomic E-state index is 0.0436. The number of rotatable bonds is 6. The topological polar surface area (TPSA) is 122 Å². The van der Waals surface area contributed by atoms with Crippen molar-refractivity contribution >= 4 is 28.5 Å². The van der Waals surface area contributed by atoms with Crippen molar-refractivity contribution in [1.29, 1.82) is 0 Å². The standard InChI is InChI=1S/C26H28N6O3/c1-14(2)32-24-22(13-28-32)20(25(34)27-12-21-15(3)10-16(4)29-26(21)35)11-23(31-24)18-6-8-19(9-7-18)30-17(5)33/h6-11,13-14H,12H2,1-5H3,(H,27,34)(H,29,35)(H,30,33). The van der Waals surface area contributed by atoms with E-state index < -0.39 is 0 Å². The molecule has 9 heteroatoms. The number of anilines is 1. The number of carbonyl (C=O) groups excluding carboxylic acids is 2. The molecule has 0 aliphatic heterocycles. The first-order chi connectivity index (χ1) is 16.6. The molecule has 0 radical (unpaired) electrons. The van der Waals surface area contributed by atoms with Crippen LogP contribution < -0.4 is 16.2 Å². The van der Waals surface area contributed by atoms with Gasteiger partial charge in [0.05, 0.1) is 22.8 Å². The molecule has 0 fully saturated rings. The van der Waals surface area contributed by atoms with Gasteiger partial charge in [0.25, 0.3) is 11.5 Å². The zero-order chi connectivity index (χ0) is 25.3. The van der Waals surface area contributed by atoms with Crippen molar-refractivity contribution in [3.63, 3.8) is 0 Å². The van der Waals surface area contributed by atoms with Crippen LogP contribution >= 0.6 is 0 Å². The number of nitrogens with zero attached hydrogens (tertiary/aromatic N) is 3. The van der Waals surface area contributed by atoms with Gasteiger partial charge in [-0.1, -0.05) is 12.1 Å². The third-order valence-electron chi connectivity index (χ3n) is 5.72.